The van der Waals surface area contributed by atoms with Gasteiger partial charge in [0.25, 0.3) is 5.56 Å². The SMILES string of the molecule is COC(=O)c1cccc(-c2c[nH]c(=O)[nH]c2=O)c1. The molecule has 92 valence electrons. The second kappa shape index (κ2) is 4.70. The summed E-state index contributed by atoms with van der Waals surface area (Å²) in [6.07, 6.45) is 1.30. The Morgan fingerprint density at radius 2 is 2.06 bits per heavy atom. The van der Waals surface area contributed by atoms with Gasteiger partial charge in [-0.1, -0.05) is 12.1 Å². The largest absolute Gasteiger partial charge is 0.465 e. The summed E-state index contributed by atoms with van der Waals surface area (Å²) in [4.78, 5) is 38.4. The first-order chi connectivity index (χ1) is 8.61. The van der Waals surface area contributed by atoms with Crippen LogP contribution in [-0.2, 0) is 4.74 Å². The highest BCUT2D eigenvalue weighted by Crippen LogP contribution is 2.15. The summed E-state index contributed by atoms with van der Waals surface area (Å²) in [5.41, 5.74) is 0.0463. The summed E-state index contributed by atoms with van der Waals surface area (Å²) in [6, 6.07) is 6.39. The van der Waals surface area contributed by atoms with Gasteiger partial charge in [0.2, 0.25) is 0 Å². The first-order valence-electron chi connectivity index (χ1n) is 5.12. The zero-order valence-electron chi connectivity index (χ0n) is 9.52. The number of carbonyl (C=O) groups excluding carboxylic acids is 1. The molecule has 0 aliphatic heterocycles. The quantitative estimate of drug-likeness (QED) is 0.755. The Kier molecular flexibility index (Phi) is 3.09. The van der Waals surface area contributed by atoms with Crippen LogP contribution in [0.1, 0.15) is 10.4 Å². The van der Waals surface area contributed by atoms with Gasteiger partial charge < -0.3 is 9.72 Å². The molecule has 2 aromatic rings. The topological polar surface area (TPSA) is 92.0 Å². The van der Waals surface area contributed by atoms with Crippen molar-refractivity contribution in [2.45, 2.75) is 0 Å². The lowest BCUT2D eigenvalue weighted by Gasteiger charge is -2.03. The lowest BCUT2D eigenvalue weighted by molar-refractivity contribution is 0.0601. The van der Waals surface area contributed by atoms with Crippen LogP contribution in [0.3, 0.4) is 0 Å². The van der Waals surface area contributed by atoms with E-state index in [-0.39, 0.29) is 5.56 Å². The Labute approximate surface area is 101 Å². The Morgan fingerprint density at radius 3 is 2.72 bits per heavy atom. The van der Waals surface area contributed by atoms with Crippen molar-refractivity contribution in [3.8, 4) is 11.1 Å². The van der Waals surface area contributed by atoms with Crippen molar-refractivity contribution < 1.29 is 9.53 Å². The van der Waals surface area contributed by atoms with Crippen LogP contribution in [0.2, 0.25) is 0 Å². The first kappa shape index (κ1) is 11.8. The second-order valence-corrected chi connectivity index (χ2v) is 3.56. The number of aromatic amines is 2. The average Bonchev–Trinajstić information content (AvgIpc) is 2.38. The molecule has 1 heterocycles. The Morgan fingerprint density at radius 1 is 1.28 bits per heavy atom. The Bertz CT molecular complexity index is 699. The van der Waals surface area contributed by atoms with Gasteiger partial charge in [0.15, 0.2) is 0 Å². The van der Waals surface area contributed by atoms with Crippen LogP contribution >= 0.6 is 0 Å². The molecule has 0 aliphatic rings. The van der Waals surface area contributed by atoms with Crippen LogP contribution in [0.25, 0.3) is 11.1 Å². The smallest absolute Gasteiger partial charge is 0.337 e. The third-order valence-electron chi connectivity index (χ3n) is 2.41. The number of rotatable bonds is 2. The lowest BCUT2D eigenvalue weighted by atomic mass is 10.1. The molecule has 0 fully saturated rings. The maximum Gasteiger partial charge on any atom is 0.337 e. The molecule has 0 bridgehead atoms. The second-order valence-electron chi connectivity index (χ2n) is 3.56. The van der Waals surface area contributed by atoms with E-state index in [1.165, 1.54) is 19.4 Å². The minimum atomic E-state index is -0.576. The fourth-order valence-electron chi connectivity index (χ4n) is 1.56. The molecular weight excluding hydrogens is 236 g/mol. The molecular formula is C12H10N2O4. The van der Waals surface area contributed by atoms with Crippen LogP contribution < -0.4 is 11.2 Å². The van der Waals surface area contributed by atoms with Crippen molar-refractivity contribution in [3.63, 3.8) is 0 Å². The molecule has 0 spiro atoms. The molecule has 0 saturated heterocycles. The van der Waals surface area contributed by atoms with Crippen LogP contribution in [0.5, 0.6) is 0 Å². The highest BCUT2D eigenvalue weighted by molar-refractivity contribution is 5.90. The maximum atomic E-state index is 11.6. The highest BCUT2D eigenvalue weighted by Gasteiger charge is 2.09. The summed E-state index contributed by atoms with van der Waals surface area (Å²) < 4.78 is 4.59. The van der Waals surface area contributed by atoms with E-state index >= 15 is 0 Å². The van der Waals surface area contributed by atoms with E-state index in [0.29, 0.717) is 11.1 Å². The van der Waals surface area contributed by atoms with Gasteiger partial charge in [-0.15, -0.1) is 0 Å². The molecule has 0 amide bonds. The number of esters is 1. The monoisotopic (exact) mass is 246 g/mol. The van der Waals surface area contributed by atoms with Gasteiger partial charge >= 0.3 is 11.7 Å². The first-order valence-corrected chi connectivity index (χ1v) is 5.12. The molecule has 0 unspecified atom stereocenters. The molecule has 18 heavy (non-hydrogen) atoms. The van der Waals surface area contributed by atoms with E-state index in [9.17, 15) is 14.4 Å². The summed E-state index contributed by atoms with van der Waals surface area (Å²) >= 11 is 0. The van der Waals surface area contributed by atoms with E-state index in [4.69, 9.17) is 0 Å². The van der Waals surface area contributed by atoms with Gasteiger partial charge in [0, 0.05) is 6.20 Å². The van der Waals surface area contributed by atoms with Crippen LogP contribution in [0.15, 0.2) is 40.1 Å². The molecule has 2 rings (SSSR count). The van der Waals surface area contributed by atoms with Crippen LogP contribution in [0.4, 0.5) is 0 Å². The molecule has 0 aliphatic carbocycles. The van der Waals surface area contributed by atoms with Gasteiger partial charge in [0.05, 0.1) is 18.2 Å². The Hall–Kier alpha value is -2.63. The third kappa shape index (κ3) is 2.22. The van der Waals surface area contributed by atoms with Crippen molar-refractivity contribution in [1.29, 1.82) is 0 Å². The van der Waals surface area contributed by atoms with Gasteiger partial charge in [-0.2, -0.15) is 0 Å². The van der Waals surface area contributed by atoms with Crippen molar-refractivity contribution in [3.05, 3.63) is 56.9 Å². The number of methoxy groups -OCH3 is 1. The number of aromatic nitrogens is 2. The predicted molar refractivity (Wildman–Crippen MR) is 64.5 cm³/mol. The fourth-order valence-corrected chi connectivity index (χ4v) is 1.56. The standard InChI is InChI=1S/C12H10N2O4/c1-18-11(16)8-4-2-3-7(5-8)9-6-13-12(17)14-10(9)15/h2-6H,1H3,(H2,13,14,15,17). The predicted octanol–water partition coefficient (Wildman–Crippen LogP) is 0.517. The van der Waals surface area contributed by atoms with Crippen molar-refractivity contribution >= 4 is 5.97 Å². The minimum Gasteiger partial charge on any atom is -0.465 e. The van der Waals surface area contributed by atoms with Crippen molar-refractivity contribution in [2.24, 2.45) is 0 Å². The highest BCUT2D eigenvalue weighted by atomic mass is 16.5. The van der Waals surface area contributed by atoms with Gasteiger partial charge in [-0.05, 0) is 17.7 Å². The third-order valence-corrected chi connectivity index (χ3v) is 2.41. The van der Waals surface area contributed by atoms with E-state index in [0.717, 1.165) is 0 Å². The van der Waals surface area contributed by atoms with Gasteiger partial charge in [0.1, 0.15) is 0 Å². The van der Waals surface area contributed by atoms with Crippen molar-refractivity contribution in [2.75, 3.05) is 7.11 Å². The molecule has 0 atom stereocenters. The van der Waals surface area contributed by atoms with Crippen molar-refractivity contribution in [1.82, 2.24) is 9.97 Å². The summed E-state index contributed by atoms with van der Waals surface area (Å²) in [5, 5.41) is 0. The number of hydrogen-bond acceptors (Lipinski definition) is 4. The number of hydrogen-bond donors (Lipinski definition) is 2. The fraction of sp³-hybridized carbons (Fsp3) is 0.0833. The number of nitrogens with one attached hydrogen (secondary N) is 2. The zero-order chi connectivity index (χ0) is 13.1. The number of carbonyl (C=O) groups is 1. The zero-order valence-corrected chi connectivity index (χ0v) is 9.52. The molecule has 2 N–H and O–H groups in total. The van der Waals surface area contributed by atoms with E-state index in [1.54, 1.807) is 18.2 Å². The molecule has 1 aromatic heterocycles. The lowest BCUT2D eigenvalue weighted by Crippen LogP contribution is -2.22. The molecule has 6 nitrogen and oxygen atoms in total. The van der Waals surface area contributed by atoms with E-state index in [1.807, 2.05) is 0 Å². The number of ether oxygens (including phenoxy) is 1. The minimum absolute atomic E-state index is 0.278. The van der Waals surface area contributed by atoms with E-state index < -0.39 is 17.2 Å². The number of benzene rings is 1. The molecule has 6 heteroatoms. The average molecular weight is 246 g/mol. The van der Waals surface area contributed by atoms with Crippen LogP contribution in [0, 0.1) is 0 Å². The summed E-state index contributed by atoms with van der Waals surface area (Å²) in [5.74, 6) is -0.488. The normalized spacial score (nSPS) is 10.1. The summed E-state index contributed by atoms with van der Waals surface area (Å²) in [7, 11) is 1.28. The van der Waals surface area contributed by atoms with E-state index in [2.05, 4.69) is 14.7 Å². The van der Waals surface area contributed by atoms with Gasteiger partial charge in [-0.25, -0.2) is 9.59 Å². The maximum absolute atomic E-state index is 11.6. The molecule has 0 radical (unpaired) electrons. The Balaban J connectivity index is 2.54. The van der Waals surface area contributed by atoms with Gasteiger partial charge in [-0.3, -0.25) is 9.78 Å². The van der Waals surface area contributed by atoms with Crippen LogP contribution in [-0.4, -0.2) is 23.0 Å². The summed E-state index contributed by atoms with van der Waals surface area (Å²) in [6.45, 7) is 0. The number of H-pyrrole nitrogens is 2. The molecule has 1 aromatic carbocycles. The molecule has 0 saturated carbocycles.